The zero-order valence-electron chi connectivity index (χ0n) is 9.22. The van der Waals surface area contributed by atoms with E-state index in [1.165, 1.54) is 6.07 Å². The average molecular weight is 321 g/mol. The average Bonchev–Trinajstić information content (AvgIpc) is 2.57. The van der Waals surface area contributed by atoms with Gasteiger partial charge in [0.05, 0.1) is 4.90 Å². The first-order valence-corrected chi connectivity index (χ1v) is 7.44. The molecule has 17 heavy (non-hydrogen) atoms. The van der Waals surface area contributed by atoms with E-state index in [0.717, 1.165) is 17.7 Å². The molecule has 7 heteroatoms. The minimum atomic E-state index is -3.76. The van der Waals surface area contributed by atoms with E-state index in [4.69, 9.17) is 5.14 Å². The Morgan fingerprint density at radius 3 is 2.71 bits per heavy atom. The van der Waals surface area contributed by atoms with Crippen molar-refractivity contribution in [2.24, 2.45) is 5.14 Å². The monoisotopic (exact) mass is 320 g/mol. The summed E-state index contributed by atoms with van der Waals surface area (Å²) in [5, 5.41) is 14.7. The molecule has 3 N–H and O–H groups in total. The van der Waals surface area contributed by atoms with E-state index in [2.05, 4.69) is 15.9 Å². The Morgan fingerprint density at radius 2 is 2.18 bits per heavy atom. The minimum Gasteiger partial charge on any atom is -0.374 e. The molecule has 0 radical (unpaired) electrons. The van der Waals surface area contributed by atoms with Crippen LogP contribution in [-0.2, 0) is 16.4 Å². The molecule has 1 heterocycles. The van der Waals surface area contributed by atoms with Gasteiger partial charge in [-0.25, -0.2) is 13.6 Å². The topological polar surface area (TPSA) is 83.6 Å². The predicted octanol–water partition coefficient (Wildman–Crippen LogP) is 0.797. The van der Waals surface area contributed by atoms with Crippen molar-refractivity contribution >= 4 is 31.6 Å². The first-order valence-electron chi connectivity index (χ1n) is 5.10. The fourth-order valence-corrected chi connectivity index (χ4v) is 3.69. The second-order valence-corrected chi connectivity index (χ2v) is 6.42. The number of aliphatic hydroxyl groups is 1. The van der Waals surface area contributed by atoms with E-state index in [1.807, 2.05) is 0 Å². The van der Waals surface area contributed by atoms with E-state index >= 15 is 0 Å². The molecule has 1 aliphatic rings. The van der Waals surface area contributed by atoms with E-state index in [1.54, 1.807) is 17.9 Å². The summed E-state index contributed by atoms with van der Waals surface area (Å²) in [7, 11) is -3.76. The molecule has 1 unspecified atom stereocenters. The maximum absolute atomic E-state index is 11.4. The highest BCUT2D eigenvalue weighted by molar-refractivity contribution is 9.10. The lowest BCUT2D eigenvalue weighted by molar-refractivity contribution is 0.191. The number of hydrogen-bond acceptors (Lipinski definition) is 4. The van der Waals surface area contributed by atoms with Gasteiger partial charge < -0.3 is 10.0 Å². The third-order valence-electron chi connectivity index (χ3n) is 2.82. The molecule has 1 aliphatic heterocycles. The second-order valence-electron chi connectivity index (χ2n) is 4.03. The molecule has 1 atom stereocenters. The highest BCUT2D eigenvalue weighted by Crippen LogP contribution is 2.35. The molecule has 0 saturated heterocycles. The van der Waals surface area contributed by atoms with Crippen molar-refractivity contribution in [2.75, 3.05) is 11.4 Å². The largest absolute Gasteiger partial charge is 0.374 e. The molecular weight excluding hydrogens is 308 g/mol. The Kier molecular flexibility index (Phi) is 3.19. The summed E-state index contributed by atoms with van der Waals surface area (Å²) in [6.45, 7) is 2.32. The summed E-state index contributed by atoms with van der Waals surface area (Å²) < 4.78 is 23.3. The Hall–Kier alpha value is -0.630. The van der Waals surface area contributed by atoms with Crippen LogP contribution in [0, 0.1) is 0 Å². The van der Waals surface area contributed by atoms with Crippen LogP contribution < -0.4 is 10.0 Å². The van der Waals surface area contributed by atoms with Gasteiger partial charge in [-0.15, -0.1) is 0 Å². The van der Waals surface area contributed by atoms with Gasteiger partial charge >= 0.3 is 0 Å². The van der Waals surface area contributed by atoms with Gasteiger partial charge in [0.25, 0.3) is 0 Å². The predicted molar refractivity (Wildman–Crippen MR) is 68.2 cm³/mol. The standard InChI is InChI=1S/C10H13BrN2O3S/c1-6(14)13-3-2-7-4-8(11)10(5-9(7)13)17(12,15)16/h4-6,14H,2-3H2,1H3,(H2,12,15,16). The molecule has 0 saturated carbocycles. The van der Waals surface area contributed by atoms with Crippen LogP contribution in [-0.4, -0.2) is 26.3 Å². The third kappa shape index (κ3) is 2.33. The van der Waals surface area contributed by atoms with Gasteiger partial charge in [-0.3, -0.25) is 0 Å². The number of anilines is 1. The third-order valence-corrected chi connectivity index (χ3v) is 4.69. The van der Waals surface area contributed by atoms with Gasteiger partial charge in [0.15, 0.2) is 0 Å². The summed E-state index contributed by atoms with van der Waals surface area (Å²) in [4.78, 5) is 1.79. The normalized spacial score (nSPS) is 17.1. The van der Waals surface area contributed by atoms with Crippen LogP contribution in [0.1, 0.15) is 12.5 Å². The highest BCUT2D eigenvalue weighted by Gasteiger charge is 2.25. The number of sulfonamides is 1. The van der Waals surface area contributed by atoms with E-state index < -0.39 is 16.3 Å². The zero-order chi connectivity index (χ0) is 12.8. The fraction of sp³-hybridized carbons (Fsp3) is 0.400. The van der Waals surface area contributed by atoms with Gasteiger partial charge in [0.1, 0.15) is 6.23 Å². The molecule has 0 fully saturated rings. The lowest BCUT2D eigenvalue weighted by Crippen LogP contribution is -2.30. The molecule has 2 rings (SSSR count). The van der Waals surface area contributed by atoms with Crippen molar-refractivity contribution in [2.45, 2.75) is 24.5 Å². The second kappa shape index (κ2) is 4.24. The van der Waals surface area contributed by atoms with Crippen LogP contribution in [0.15, 0.2) is 21.5 Å². The summed E-state index contributed by atoms with van der Waals surface area (Å²) in [6, 6.07) is 3.26. The molecule has 0 aromatic heterocycles. The summed E-state index contributed by atoms with van der Waals surface area (Å²) in [6.07, 6.45) is 0.134. The van der Waals surface area contributed by atoms with Crippen LogP contribution in [0.5, 0.6) is 0 Å². The van der Waals surface area contributed by atoms with E-state index in [0.29, 0.717) is 11.0 Å². The lowest BCUT2D eigenvalue weighted by atomic mass is 10.2. The van der Waals surface area contributed by atoms with Crippen LogP contribution in [0.3, 0.4) is 0 Å². The molecule has 1 aromatic carbocycles. The fourth-order valence-electron chi connectivity index (χ4n) is 2.02. The molecule has 5 nitrogen and oxygen atoms in total. The van der Waals surface area contributed by atoms with Crippen molar-refractivity contribution in [3.05, 3.63) is 22.2 Å². The number of rotatable bonds is 2. The maximum atomic E-state index is 11.4. The van der Waals surface area contributed by atoms with Crippen LogP contribution >= 0.6 is 15.9 Å². The van der Waals surface area contributed by atoms with Gasteiger partial charge in [-0.2, -0.15) is 0 Å². The van der Waals surface area contributed by atoms with Crippen molar-refractivity contribution in [3.63, 3.8) is 0 Å². The number of aliphatic hydroxyl groups excluding tert-OH is 1. The zero-order valence-corrected chi connectivity index (χ0v) is 11.6. The molecule has 0 amide bonds. The van der Waals surface area contributed by atoms with Crippen LogP contribution in [0.4, 0.5) is 5.69 Å². The lowest BCUT2D eigenvalue weighted by Gasteiger charge is -2.23. The van der Waals surface area contributed by atoms with Crippen molar-refractivity contribution in [3.8, 4) is 0 Å². The number of halogens is 1. The number of hydrogen-bond donors (Lipinski definition) is 2. The van der Waals surface area contributed by atoms with Crippen molar-refractivity contribution in [1.82, 2.24) is 0 Å². The highest BCUT2D eigenvalue weighted by atomic mass is 79.9. The van der Waals surface area contributed by atoms with E-state index in [9.17, 15) is 13.5 Å². The van der Waals surface area contributed by atoms with Crippen molar-refractivity contribution < 1.29 is 13.5 Å². The Morgan fingerprint density at radius 1 is 1.53 bits per heavy atom. The molecule has 0 aliphatic carbocycles. The SMILES string of the molecule is CC(O)N1CCc2cc(Br)c(S(N)(=O)=O)cc21. The van der Waals surface area contributed by atoms with Crippen molar-refractivity contribution in [1.29, 1.82) is 0 Å². The number of fused-ring (bicyclic) bond motifs is 1. The molecule has 0 spiro atoms. The molecule has 94 valence electrons. The van der Waals surface area contributed by atoms with Crippen LogP contribution in [0.2, 0.25) is 0 Å². The summed E-state index contributed by atoms with van der Waals surface area (Å²) in [5.74, 6) is 0. The number of primary sulfonamides is 1. The first-order chi connectivity index (χ1) is 7.80. The summed E-state index contributed by atoms with van der Waals surface area (Å²) in [5.41, 5.74) is 1.73. The number of benzene rings is 1. The number of nitrogens with zero attached hydrogens (tertiary/aromatic N) is 1. The quantitative estimate of drug-likeness (QED) is 0.844. The van der Waals surface area contributed by atoms with Gasteiger partial charge in [-0.1, -0.05) is 0 Å². The smallest absolute Gasteiger partial charge is 0.239 e. The minimum absolute atomic E-state index is 0.0452. The van der Waals surface area contributed by atoms with E-state index in [-0.39, 0.29) is 4.90 Å². The Bertz CT molecular complexity index is 557. The van der Waals surface area contributed by atoms with Gasteiger partial charge in [0.2, 0.25) is 10.0 Å². The molecule has 0 bridgehead atoms. The first kappa shape index (κ1) is 12.8. The van der Waals surface area contributed by atoms with Crippen LogP contribution in [0.25, 0.3) is 0 Å². The Labute approximate surface area is 108 Å². The summed E-state index contributed by atoms with van der Waals surface area (Å²) >= 11 is 3.20. The Balaban J connectivity index is 2.59. The number of nitrogens with two attached hydrogens (primary N) is 1. The maximum Gasteiger partial charge on any atom is 0.239 e. The molecular formula is C10H13BrN2O3S. The molecule has 1 aromatic rings. The van der Waals surface area contributed by atoms with Gasteiger partial charge in [-0.05, 0) is 47.0 Å². The van der Waals surface area contributed by atoms with Gasteiger partial charge in [0, 0.05) is 16.7 Å².